The van der Waals surface area contributed by atoms with E-state index in [-0.39, 0.29) is 17.9 Å². The normalized spacial score (nSPS) is 16.9. The molecule has 2 aromatic rings. The minimum atomic E-state index is -0.136. The largest absolute Gasteiger partial charge is 0.349 e. The monoisotopic (exact) mass is 400 g/mol. The Bertz CT molecular complexity index is 844. The first-order chi connectivity index (χ1) is 13.7. The predicted molar refractivity (Wildman–Crippen MR) is 106 cm³/mol. The third kappa shape index (κ3) is 4.70. The smallest absolute Gasteiger partial charge is 0.253 e. The van der Waals surface area contributed by atoms with Gasteiger partial charge in [-0.25, -0.2) is 4.68 Å². The first kappa shape index (κ1) is 18.9. The summed E-state index contributed by atoms with van der Waals surface area (Å²) in [4.78, 5) is 24.7. The summed E-state index contributed by atoms with van der Waals surface area (Å²) in [6.45, 7) is 0. The summed E-state index contributed by atoms with van der Waals surface area (Å²) >= 11 is 1.49. The van der Waals surface area contributed by atoms with Crippen LogP contribution in [0.25, 0.3) is 0 Å². The van der Waals surface area contributed by atoms with E-state index in [9.17, 15) is 9.59 Å². The molecule has 0 spiro atoms. The molecule has 1 aromatic heterocycles. The number of carbonyl (C=O) groups excluding carboxylic acids is 2. The highest BCUT2D eigenvalue weighted by atomic mass is 32.2. The zero-order valence-corrected chi connectivity index (χ0v) is 16.5. The van der Waals surface area contributed by atoms with Crippen molar-refractivity contribution in [1.29, 1.82) is 0 Å². The predicted octanol–water partition coefficient (Wildman–Crippen LogP) is 2.80. The number of anilines is 1. The van der Waals surface area contributed by atoms with E-state index in [2.05, 4.69) is 26.2 Å². The molecule has 148 valence electrons. The molecule has 8 nitrogen and oxygen atoms in total. The number of nitrogens with one attached hydrogen (secondary N) is 2. The van der Waals surface area contributed by atoms with Crippen LogP contribution in [-0.4, -0.2) is 43.8 Å². The molecule has 2 aliphatic rings. The summed E-state index contributed by atoms with van der Waals surface area (Å²) in [5.41, 5.74) is 1.05. The molecule has 0 bridgehead atoms. The van der Waals surface area contributed by atoms with Crippen molar-refractivity contribution in [2.75, 3.05) is 11.1 Å². The number of nitrogens with zero attached hydrogens (tertiary/aromatic N) is 4. The highest BCUT2D eigenvalue weighted by Crippen LogP contribution is 2.31. The Hall–Kier alpha value is -2.42. The summed E-state index contributed by atoms with van der Waals surface area (Å²) in [6, 6.07) is 7.76. The topological polar surface area (TPSA) is 102 Å². The number of hydrogen-bond donors (Lipinski definition) is 2. The fraction of sp³-hybridized carbons (Fsp3) is 0.526. The minimum absolute atomic E-state index is 0.126. The van der Waals surface area contributed by atoms with Crippen molar-refractivity contribution < 1.29 is 9.59 Å². The van der Waals surface area contributed by atoms with E-state index in [1.807, 2.05) is 10.7 Å². The van der Waals surface area contributed by atoms with Crippen LogP contribution in [0, 0.1) is 0 Å². The quantitative estimate of drug-likeness (QED) is 0.661. The lowest BCUT2D eigenvalue weighted by atomic mass is 10.1. The Morgan fingerprint density at radius 1 is 1.14 bits per heavy atom. The molecule has 4 rings (SSSR count). The molecule has 2 N–H and O–H groups in total. The van der Waals surface area contributed by atoms with Gasteiger partial charge < -0.3 is 10.6 Å². The second-order valence-electron chi connectivity index (χ2n) is 7.28. The van der Waals surface area contributed by atoms with Gasteiger partial charge in [0, 0.05) is 18.2 Å². The van der Waals surface area contributed by atoms with Crippen molar-refractivity contribution in [1.82, 2.24) is 25.5 Å². The van der Waals surface area contributed by atoms with Gasteiger partial charge in [0.25, 0.3) is 5.91 Å². The summed E-state index contributed by atoms with van der Waals surface area (Å²) < 4.78 is 1.90. The molecule has 2 amide bonds. The number of aromatic nitrogens is 4. The number of benzene rings is 1. The highest BCUT2D eigenvalue weighted by Gasteiger charge is 2.25. The second kappa shape index (κ2) is 8.72. The molecule has 0 aliphatic heterocycles. The average molecular weight is 401 g/mol. The van der Waals surface area contributed by atoms with Gasteiger partial charge in [0.1, 0.15) is 0 Å². The molecule has 2 fully saturated rings. The van der Waals surface area contributed by atoms with E-state index < -0.39 is 0 Å². The Morgan fingerprint density at radius 2 is 1.93 bits per heavy atom. The first-order valence-corrected chi connectivity index (χ1v) is 10.8. The molecule has 2 aliphatic carbocycles. The van der Waals surface area contributed by atoms with E-state index in [0.717, 1.165) is 30.8 Å². The van der Waals surface area contributed by atoms with Crippen LogP contribution in [0.15, 0.2) is 29.4 Å². The lowest BCUT2D eigenvalue weighted by Crippen LogP contribution is -2.27. The Balaban J connectivity index is 1.29. The van der Waals surface area contributed by atoms with E-state index in [1.54, 1.807) is 18.2 Å². The van der Waals surface area contributed by atoms with Crippen LogP contribution in [0.4, 0.5) is 5.69 Å². The maximum Gasteiger partial charge on any atom is 0.253 e. The Morgan fingerprint density at radius 3 is 2.71 bits per heavy atom. The maximum absolute atomic E-state index is 12.4. The van der Waals surface area contributed by atoms with E-state index in [1.165, 1.54) is 24.6 Å². The second-order valence-corrected chi connectivity index (χ2v) is 8.35. The summed E-state index contributed by atoms with van der Waals surface area (Å²) in [6.07, 6.45) is 7.02. The molecule has 0 unspecified atom stereocenters. The molecule has 1 heterocycles. The Kier molecular flexibility index (Phi) is 5.90. The van der Waals surface area contributed by atoms with Gasteiger partial charge in [0.2, 0.25) is 11.1 Å². The van der Waals surface area contributed by atoms with Crippen LogP contribution in [0.3, 0.4) is 0 Å². The molecule has 0 radical (unpaired) electrons. The van der Waals surface area contributed by atoms with Crippen molar-refractivity contribution in [2.45, 2.75) is 62.2 Å². The summed E-state index contributed by atoms with van der Waals surface area (Å²) in [7, 11) is 0. The van der Waals surface area contributed by atoms with Crippen LogP contribution in [0.2, 0.25) is 0 Å². The van der Waals surface area contributed by atoms with Crippen molar-refractivity contribution in [3.05, 3.63) is 29.8 Å². The van der Waals surface area contributed by atoms with Gasteiger partial charge in [-0.05, 0) is 48.2 Å². The molecular weight excluding hydrogens is 376 g/mol. The number of hydrogen-bond acceptors (Lipinski definition) is 6. The average Bonchev–Trinajstić information content (AvgIpc) is 3.16. The molecule has 28 heavy (non-hydrogen) atoms. The minimum Gasteiger partial charge on any atom is -0.349 e. The maximum atomic E-state index is 12.4. The number of carbonyl (C=O) groups is 2. The number of tetrazole rings is 1. The molecule has 1 aromatic carbocycles. The molecule has 0 saturated heterocycles. The van der Waals surface area contributed by atoms with Crippen molar-refractivity contribution >= 4 is 29.3 Å². The van der Waals surface area contributed by atoms with Gasteiger partial charge in [-0.2, -0.15) is 0 Å². The van der Waals surface area contributed by atoms with Gasteiger partial charge in [-0.1, -0.05) is 36.7 Å². The van der Waals surface area contributed by atoms with Crippen LogP contribution in [0.5, 0.6) is 0 Å². The number of amides is 2. The van der Waals surface area contributed by atoms with Gasteiger partial charge in [0.15, 0.2) is 0 Å². The van der Waals surface area contributed by atoms with Gasteiger partial charge in [0.05, 0.1) is 17.3 Å². The molecule has 9 heteroatoms. The lowest BCUT2D eigenvalue weighted by Gasteiger charge is -2.12. The van der Waals surface area contributed by atoms with E-state index in [0.29, 0.717) is 29.5 Å². The SMILES string of the molecule is O=C(CCSc1nnnn1C1CCCC1)Nc1ccccc1C(=O)NC1CC1. The third-order valence-electron chi connectivity index (χ3n) is 5.05. The lowest BCUT2D eigenvalue weighted by molar-refractivity contribution is -0.115. The van der Waals surface area contributed by atoms with Gasteiger partial charge >= 0.3 is 0 Å². The highest BCUT2D eigenvalue weighted by molar-refractivity contribution is 7.99. The van der Waals surface area contributed by atoms with Crippen molar-refractivity contribution in [2.24, 2.45) is 0 Å². The summed E-state index contributed by atoms with van der Waals surface area (Å²) in [5, 5.41) is 18.6. The van der Waals surface area contributed by atoms with Crippen molar-refractivity contribution in [3.63, 3.8) is 0 Å². The first-order valence-electron chi connectivity index (χ1n) is 9.81. The van der Waals surface area contributed by atoms with Crippen LogP contribution in [-0.2, 0) is 4.79 Å². The van der Waals surface area contributed by atoms with Crippen LogP contribution >= 0.6 is 11.8 Å². The number of rotatable bonds is 8. The van der Waals surface area contributed by atoms with Gasteiger partial charge in [-0.15, -0.1) is 5.10 Å². The van der Waals surface area contributed by atoms with E-state index >= 15 is 0 Å². The van der Waals surface area contributed by atoms with Crippen molar-refractivity contribution in [3.8, 4) is 0 Å². The Labute approximate surface area is 167 Å². The third-order valence-corrected chi connectivity index (χ3v) is 5.99. The van der Waals surface area contributed by atoms with Crippen LogP contribution in [0.1, 0.15) is 61.3 Å². The molecule has 0 atom stereocenters. The van der Waals surface area contributed by atoms with Gasteiger partial charge in [-0.3, -0.25) is 9.59 Å². The van der Waals surface area contributed by atoms with Crippen LogP contribution < -0.4 is 10.6 Å². The summed E-state index contributed by atoms with van der Waals surface area (Å²) in [5.74, 6) is 0.317. The fourth-order valence-corrected chi connectivity index (χ4v) is 4.27. The number of thioether (sulfide) groups is 1. The zero-order valence-electron chi connectivity index (χ0n) is 15.6. The zero-order chi connectivity index (χ0) is 19.3. The fourth-order valence-electron chi connectivity index (χ4n) is 3.39. The standard InChI is InChI=1S/C19H24N6O2S/c26-17(11-12-28-19-22-23-24-25(19)14-5-1-2-6-14)21-16-8-4-3-7-15(16)18(27)20-13-9-10-13/h3-4,7-8,13-14H,1-2,5-6,9-12H2,(H,20,27)(H,21,26). The van der Waals surface area contributed by atoms with E-state index in [4.69, 9.17) is 0 Å². The number of para-hydroxylation sites is 1. The molecular formula is C19H24N6O2S. The molecule has 2 saturated carbocycles.